The molecule has 4 aliphatic rings. The maximum Gasteiger partial charge on any atom is 0.238 e. The van der Waals surface area contributed by atoms with Crippen LogP contribution < -0.4 is 4.90 Å². The normalized spacial score (nSPS) is 37.7. The van der Waals surface area contributed by atoms with Gasteiger partial charge in [-0.3, -0.25) is 14.5 Å². The molecule has 1 aromatic carbocycles. The lowest BCUT2D eigenvalue weighted by atomic mass is 9.85. The minimum atomic E-state index is -0.112. The Labute approximate surface area is 131 Å². The van der Waals surface area contributed by atoms with Crippen molar-refractivity contribution in [3.8, 4) is 0 Å². The first-order chi connectivity index (χ1) is 10.1. The van der Waals surface area contributed by atoms with E-state index < -0.39 is 0 Å². The van der Waals surface area contributed by atoms with Crippen LogP contribution in [-0.2, 0) is 9.59 Å². The molecule has 5 rings (SSSR count). The summed E-state index contributed by atoms with van der Waals surface area (Å²) in [5, 5.41) is 0. The van der Waals surface area contributed by atoms with E-state index in [4.69, 9.17) is 0 Å². The predicted octanol–water partition coefficient (Wildman–Crippen LogP) is 3.15. The van der Waals surface area contributed by atoms with Crippen LogP contribution in [0.3, 0.4) is 0 Å². The molecule has 3 nitrogen and oxygen atoms in total. The Morgan fingerprint density at radius 3 is 1.95 bits per heavy atom. The largest absolute Gasteiger partial charge is 0.274 e. The molecule has 2 saturated carbocycles. The van der Waals surface area contributed by atoms with Crippen LogP contribution in [-0.4, -0.2) is 11.8 Å². The zero-order chi connectivity index (χ0) is 14.4. The summed E-state index contributed by atoms with van der Waals surface area (Å²) in [6.07, 6.45) is 6.77. The molecule has 0 aromatic heterocycles. The zero-order valence-corrected chi connectivity index (χ0v) is 12.9. The van der Waals surface area contributed by atoms with Crippen molar-refractivity contribution < 1.29 is 9.59 Å². The summed E-state index contributed by atoms with van der Waals surface area (Å²) in [5.74, 6) is 0.386. The molecule has 4 heteroatoms. The molecule has 0 N–H and O–H groups in total. The fourth-order valence-electron chi connectivity index (χ4n) is 4.92. The molecule has 21 heavy (non-hydrogen) atoms. The minimum absolute atomic E-state index is 0.00967. The van der Waals surface area contributed by atoms with Crippen LogP contribution in [0.4, 0.5) is 5.69 Å². The number of carbonyl (C=O) groups is 2. The van der Waals surface area contributed by atoms with Gasteiger partial charge in [0.15, 0.2) is 0 Å². The summed E-state index contributed by atoms with van der Waals surface area (Å²) in [5.41, 5.74) is 0.971. The topological polar surface area (TPSA) is 37.4 Å². The molecule has 106 valence electrons. The smallest absolute Gasteiger partial charge is 0.238 e. The summed E-state index contributed by atoms with van der Waals surface area (Å²) >= 11 is 3.39. The highest BCUT2D eigenvalue weighted by molar-refractivity contribution is 9.10. The van der Waals surface area contributed by atoms with Crippen molar-refractivity contribution in [2.45, 2.75) is 12.8 Å². The number of fused-ring (bicyclic) bond motifs is 3. The number of imide groups is 1. The highest BCUT2D eigenvalue weighted by Crippen LogP contribution is 2.73. The standard InChI is InChI=1S/C17H14BrNO2/c18-9-1-3-10(4-2-9)19-15(20)13-11-5-6-12(14(13)16(19)21)17(11)7-8-17/h1-6,11-14H,7-8H2/t11-,12-,13-,14+/m0/s1. The molecular formula is C17H14BrNO2. The van der Waals surface area contributed by atoms with E-state index in [1.54, 1.807) is 0 Å². The number of carbonyl (C=O) groups excluding carboxylic acids is 2. The van der Waals surface area contributed by atoms with E-state index in [0.29, 0.717) is 17.5 Å². The molecule has 0 unspecified atom stereocenters. The molecule has 0 radical (unpaired) electrons. The lowest BCUT2D eigenvalue weighted by Crippen LogP contribution is -2.34. The van der Waals surface area contributed by atoms with Gasteiger partial charge in [-0.15, -0.1) is 0 Å². The number of hydrogen-bond donors (Lipinski definition) is 0. The van der Waals surface area contributed by atoms with Crippen LogP contribution in [0.5, 0.6) is 0 Å². The number of benzene rings is 1. The lowest BCUT2D eigenvalue weighted by Gasteiger charge is -2.21. The average molecular weight is 344 g/mol. The molecule has 2 amide bonds. The van der Waals surface area contributed by atoms with E-state index in [-0.39, 0.29) is 29.1 Å². The number of amides is 2. The number of rotatable bonds is 1. The van der Waals surface area contributed by atoms with Crippen LogP contribution in [0.25, 0.3) is 0 Å². The summed E-state index contributed by atoms with van der Waals surface area (Å²) in [6, 6.07) is 7.42. The molecule has 1 saturated heterocycles. The zero-order valence-electron chi connectivity index (χ0n) is 11.3. The van der Waals surface area contributed by atoms with Crippen molar-refractivity contribution in [2.75, 3.05) is 4.90 Å². The third-order valence-corrected chi connectivity index (χ3v) is 6.47. The Bertz CT molecular complexity index is 670. The first kappa shape index (κ1) is 12.2. The molecule has 1 aliphatic heterocycles. The molecule has 1 heterocycles. The summed E-state index contributed by atoms with van der Waals surface area (Å²) < 4.78 is 0.948. The molecule has 3 fully saturated rings. The van der Waals surface area contributed by atoms with Crippen LogP contribution in [0.2, 0.25) is 0 Å². The third-order valence-electron chi connectivity index (χ3n) is 5.94. The van der Waals surface area contributed by atoms with Gasteiger partial charge in [0.2, 0.25) is 11.8 Å². The van der Waals surface area contributed by atoms with Gasteiger partial charge in [0.05, 0.1) is 17.5 Å². The van der Waals surface area contributed by atoms with E-state index in [2.05, 4.69) is 28.1 Å². The van der Waals surface area contributed by atoms with Gasteiger partial charge in [0.1, 0.15) is 0 Å². The van der Waals surface area contributed by atoms with Gasteiger partial charge in [0, 0.05) is 4.47 Å². The van der Waals surface area contributed by atoms with Crippen molar-refractivity contribution in [1.82, 2.24) is 0 Å². The van der Waals surface area contributed by atoms with Gasteiger partial charge >= 0.3 is 0 Å². The van der Waals surface area contributed by atoms with Crippen molar-refractivity contribution >= 4 is 33.4 Å². The molecule has 1 aromatic rings. The van der Waals surface area contributed by atoms with Crippen LogP contribution in [0.1, 0.15) is 12.8 Å². The van der Waals surface area contributed by atoms with Gasteiger partial charge in [-0.1, -0.05) is 28.1 Å². The van der Waals surface area contributed by atoms with E-state index in [1.807, 2.05) is 24.3 Å². The summed E-state index contributed by atoms with van der Waals surface area (Å²) in [6.45, 7) is 0. The van der Waals surface area contributed by atoms with Crippen LogP contribution >= 0.6 is 15.9 Å². The van der Waals surface area contributed by atoms with Gasteiger partial charge in [-0.05, 0) is 54.4 Å². The maximum absolute atomic E-state index is 12.8. The van der Waals surface area contributed by atoms with Crippen LogP contribution in [0.15, 0.2) is 40.9 Å². The van der Waals surface area contributed by atoms with Crippen molar-refractivity contribution in [2.24, 2.45) is 29.1 Å². The first-order valence-electron chi connectivity index (χ1n) is 7.45. The quantitative estimate of drug-likeness (QED) is 0.580. The van der Waals surface area contributed by atoms with E-state index in [1.165, 1.54) is 17.7 Å². The number of hydrogen-bond acceptors (Lipinski definition) is 2. The molecular weight excluding hydrogens is 330 g/mol. The second-order valence-corrected chi connectivity index (χ2v) is 7.63. The molecule has 1 spiro atoms. The molecule has 2 bridgehead atoms. The minimum Gasteiger partial charge on any atom is -0.274 e. The number of halogens is 1. The highest BCUT2D eigenvalue weighted by atomic mass is 79.9. The highest BCUT2D eigenvalue weighted by Gasteiger charge is 2.73. The fourth-order valence-corrected chi connectivity index (χ4v) is 5.19. The van der Waals surface area contributed by atoms with Gasteiger partial charge < -0.3 is 0 Å². The van der Waals surface area contributed by atoms with Gasteiger partial charge in [-0.25, -0.2) is 0 Å². The van der Waals surface area contributed by atoms with E-state index >= 15 is 0 Å². The number of allylic oxidation sites excluding steroid dienone is 2. The predicted molar refractivity (Wildman–Crippen MR) is 81.4 cm³/mol. The van der Waals surface area contributed by atoms with Crippen molar-refractivity contribution in [3.63, 3.8) is 0 Å². The Morgan fingerprint density at radius 1 is 0.952 bits per heavy atom. The van der Waals surface area contributed by atoms with Crippen LogP contribution in [0, 0.1) is 29.1 Å². The SMILES string of the molecule is O=C1[C@@H]2[C@H](C(=O)N1c1ccc(Br)cc1)[C@@H]1C=C[C@@H]2C12CC2. The average Bonchev–Trinajstić information content (AvgIpc) is 3.07. The third kappa shape index (κ3) is 1.30. The van der Waals surface area contributed by atoms with Crippen molar-refractivity contribution in [1.29, 1.82) is 0 Å². The fraction of sp³-hybridized carbons (Fsp3) is 0.412. The Hall–Kier alpha value is -1.42. The Kier molecular flexibility index (Phi) is 2.12. The second kappa shape index (κ2) is 3.67. The van der Waals surface area contributed by atoms with E-state index in [0.717, 1.165) is 4.47 Å². The molecule has 4 atom stereocenters. The number of anilines is 1. The maximum atomic E-state index is 12.8. The van der Waals surface area contributed by atoms with Gasteiger partial charge in [-0.2, -0.15) is 0 Å². The van der Waals surface area contributed by atoms with Gasteiger partial charge in [0.25, 0.3) is 0 Å². The van der Waals surface area contributed by atoms with E-state index in [9.17, 15) is 9.59 Å². The molecule has 3 aliphatic carbocycles. The monoisotopic (exact) mass is 343 g/mol. The summed E-state index contributed by atoms with van der Waals surface area (Å²) in [7, 11) is 0. The Morgan fingerprint density at radius 2 is 1.48 bits per heavy atom. The lowest BCUT2D eigenvalue weighted by molar-refractivity contribution is -0.123. The van der Waals surface area contributed by atoms with Crippen molar-refractivity contribution in [3.05, 3.63) is 40.9 Å². The second-order valence-electron chi connectivity index (χ2n) is 6.71. The Balaban J connectivity index is 1.57. The number of nitrogens with zero attached hydrogens (tertiary/aromatic N) is 1. The summed E-state index contributed by atoms with van der Waals surface area (Å²) in [4.78, 5) is 27.1. The first-order valence-corrected chi connectivity index (χ1v) is 8.24.